The highest BCUT2D eigenvalue weighted by atomic mass is 16.5. The average molecular weight is 247 g/mol. The van der Waals surface area contributed by atoms with Crippen molar-refractivity contribution in [2.24, 2.45) is 0 Å². The van der Waals surface area contributed by atoms with Crippen LogP contribution in [0, 0.1) is 6.92 Å². The molecule has 0 aliphatic carbocycles. The molecule has 0 unspecified atom stereocenters. The molecule has 94 valence electrons. The second-order valence-electron chi connectivity index (χ2n) is 3.68. The molecule has 0 spiro atoms. The van der Waals surface area contributed by atoms with Crippen LogP contribution in [-0.2, 0) is 6.42 Å². The van der Waals surface area contributed by atoms with Crippen LogP contribution in [0.3, 0.4) is 0 Å². The van der Waals surface area contributed by atoms with Crippen molar-refractivity contribution in [2.75, 3.05) is 12.3 Å². The number of hydrogen-bond acceptors (Lipinski definition) is 6. The summed E-state index contributed by atoms with van der Waals surface area (Å²) in [4.78, 5) is 19.7. The van der Waals surface area contributed by atoms with Gasteiger partial charge in [0.05, 0.1) is 5.69 Å². The number of carbonyl (C=O) groups excluding carboxylic acids is 1. The number of rotatable bonds is 4. The monoisotopic (exact) mass is 247 g/mol. The molecule has 0 saturated carbocycles. The van der Waals surface area contributed by atoms with Crippen molar-refractivity contribution in [1.82, 2.24) is 20.4 Å². The Morgan fingerprint density at radius 3 is 3.06 bits per heavy atom. The summed E-state index contributed by atoms with van der Waals surface area (Å²) in [6, 6.07) is 3.30. The molecule has 0 aliphatic heterocycles. The zero-order chi connectivity index (χ0) is 13.0. The lowest BCUT2D eigenvalue weighted by Crippen LogP contribution is -2.27. The van der Waals surface area contributed by atoms with E-state index in [1.165, 1.54) is 6.20 Å². The molecule has 7 heteroatoms. The Bertz CT molecular complexity index is 552. The standard InChI is InChI=1S/C11H13N5O2/c1-7-15-9(18-16-7)4-6-14-11(17)10-8(12)3-2-5-13-10/h2-3,5H,4,6,12H2,1H3,(H,14,17). The number of aromatic nitrogens is 3. The first kappa shape index (κ1) is 12.0. The normalized spacial score (nSPS) is 10.3. The summed E-state index contributed by atoms with van der Waals surface area (Å²) in [6.07, 6.45) is 1.99. The largest absolute Gasteiger partial charge is 0.397 e. The zero-order valence-electron chi connectivity index (χ0n) is 9.88. The van der Waals surface area contributed by atoms with E-state index in [1.54, 1.807) is 19.1 Å². The fraction of sp³-hybridized carbons (Fsp3) is 0.273. The van der Waals surface area contributed by atoms with E-state index in [0.717, 1.165) is 0 Å². The first-order valence-corrected chi connectivity index (χ1v) is 5.44. The first-order chi connectivity index (χ1) is 8.66. The Morgan fingerprint density at radius 2 is 2.39 bits per heavy atom. The number of nitrogens with zero attached hydrogens (tertiary/aromatic N) is 3. The third kappa shape index (κ3) is 2.82. The molecular formula is C11H13N5O2. The predicted octanol–water partition coefficient (Wildman–Crippen LogP) is 0.328. The molecule has 2 rings (SSSR count). The van der Waals surface area contributed by atoms with E-state index in [1.807, 2.05) is 0 Å². The molecule has 0 fully saturated rings. The number of aryl methyl sites for hydroxylation is 1. The van der Waals surface area contributed by atoms with Gasteiger partial charge in [-0.3, -0.25) is 4.79 Å². The minimum absolute atomic E-state index is 0.221. The van der Waals surface area contributed by atoms with E-state index in [4.69, 9.17) is 10.3 Å². The number of nitrogens with one attached hydrogen (secondary N) is 1. The Hall–Kier alpha value is -2.44. The Morgan fingerprint density at radius 1 is 1.56 bits per heavy atom. The lowest BCUT2D eigenvalue weighted by molar-refractivity contribution is 0.0949. The van der Waals surface area contributed by atoms with Gasteiger partial charge in [0.2, 0.25) is 5.89 Å². The first-order valence-electron chi connectivity index (χ1n) is 5.44. The predicted molar refractivity (Wildman–Crippen MR) is 63.7 cm³/mol. The third-order valence-corrected chi connectivity index (χ3v) is 2.25. The fourth-order valence-electron chi connectivity index (χ4n) is 1.42. The SMILES string of the molecule is Cc1noc(CCNC(=O)c2ncccc2N)n1. The van der Waals surface area contributed by atoms with Crippen molar-refractivity contribution < 1.29 is 9.32 Å². The maximum atomic E-state index is 11.7. The van der Waals surface area contributed by atoms with Gasteiger partial charge in [-0.25, -0.2) is 4.98 Å². The van der Waals surface area contributed by atoms with Crippen molar-refractivity contribution >= 4 is 11.6 Å². The number of carbonyl (C=O) groups is 1. The topological polar surface area (TPSA) is 107 Å². The lowest BCUT2D eigenvalue weighted by Gasteiger charge is -2.04. The quantitative estimate of drug-likeness (QED) is 0.806. The highest BCUT2D eigenvalue weighted by Crippen LogP contribution is 2.06. The van der Waals surface area contributed by atoms with Crippen LogP contribution in [0.2, 0.25) is 0 Å². The molecule has 1 amide bonds. The van der Waals surface area contributed by atoms with Crippen LogP contribution in [-0.4, -0.2) is 27.6 Å². The maximum absolute atomic E-state index is 11.7. The second-order valence-corrected chi connectivity index (χ2v) is 3.68. The zero-order valence-corrected chi connectivity index (χ0v) is 9.88. The lowest BCUT2D eigenvalue weighted by atomic mass is 10.3. The molecule has 7 nitrogen and oxygen atoms in total. The van der Waals surface area contributed by atoms with E-state index >= 15 is 0 Å². The van der Waals surface area contributed by atoms with E-state index in [-0.39, 0.29) is 11.6 Å². The van der Waals surface area contributed by atoms with Gasteiger partial charge in [-0.15, -0.1) is 0 Å². The molecule has 3 N–H and O–H groups in total. The van der Waals surface area contributed by atoms with Crippen LogP contribution < -0.4 is 11.1 Å². The molecule has 2 heterocycles. The Balaban J connectivity index is 1.87. The minimum atomic E-state index is -0.315. The highest BCUT2D eigenvalue weighted by Gasteiger charge is 2.10. The van der Waals surface area contributed by atoms with Crippen LogP contribution in [0.5, 0.6) is 0 Å². The molecule has 18 heavy (non-hydrogen) atoms. The third-order valence-electron chi connectivity index (χ3n) is 2.25. The van der Waals surface area contributed by atoms with Gasteiger partial charge in [0.15, 0.2) is 11.5 Å². The van der Waals surface area contributed by atoms with Crippen LogP contribution in [0.4, 0.5) is 5.69 Å². The van der Waals surface area contributed by atoms with Gasteiger partial charge < -0.3 is 15.6 Å². The summed E-state index contributed by atoms with van der Waals surface area (Å²) < 4.78 is 4.92. The fourth-order valence-corrected chi connectivity index (χ4v) is 1.42. The molecule has 0 radical (unpaired) electrons. The van der Waals surface area contributed by atoms with Gasteiger partial charge >= 0.3 is 0 Å². The smallest absolute Gasteiger partial charge is 0.272 e. The van der Waals surface area contributed by atoms with E-state index in [2.05, 4.69) is 20.4 Å². The van der Waals surface area contributed by atoms with Gasteiger partial charge in [-0.2, -0.15) is 4.98 Å². The molecule has 2 aromatic rings. The van der Waals surface area contributed by atoms with Crippen molar-refractivity contribution in [1.29, 1.82) is 0 Å². The van der Waals surface area contributed by atoms with Crippen LogP contribution >= 0.6 is 0 Å². The summed E-state index contributed by atoms with van der Waals surface area (Å²) in [5, 5.41) is 6.34. The highest BCUT2D eigenvalue weighted by molar-refractivity contribution is 5.96. The van der Waals surface area contributed by atoms with Crippen molar-refractivity contribution in [3.05, 3.63) is 35.7 Å². The van der Waals surface area contributed by atoms with Gasteiger partial charge in [0.1, 0.15) is 0 Å². The van der Waals surface area contributed by atoms with Crippen molar-refractivity contribution in [3.8, 4) is 0 Å². The summed E-state index contributed by atoms with van der Waals surface area (Å²) in [5.74, 6) is 0.747. The van der Waals surface area contributed by atoms with E-state index in [0.29, 0.717) is 30.4 Å². The van der Waals surface area contributed by atoms with Gasteiger partial charge in [0, 0.05) is 19.2 Å². The van der Waals surface area contributed by atoms with Crippen molar-refractivity contribution in [2.45, 2.75) is 13.3 Å². The number of pyridine rings is 1. The van der Waals surface area contributed by atoms with Crippen LogP contribution in [0.25, 0.3) is 0 Å². The number of nitrogens with two attached hydrogens (primary N) is 1. The Kier molecular flexibility index (Phi) is 3.52. The van der Waals surface area contributed by atoms with Crippen molar-refractivity contribution in [3.63, 3.8) is 0 Å². The number of nitrogen functional groups attached to an aromatic ring is 1. The van der Waals surface area contributed by atoms with Gasteiger partial charge in [-0.05, 0) is 19.1 Å². The summed E-state index contributed by atoms with van der Waals surface area (Å²) >= 11 is 0. The van der Waals surface area contributed by atoms with Gasteiger partial charge in [-0.1, -0.05) is 5.16 Å². The summed E-state index contributed by atoms with van der Waals surface area (Å²) in [7, 11) is 0. The molecule has 0 bridgehead atoms. The molecule has 0 atom stereocenters. The van der Waals surface area contributed by atoms with E-state index in [9.17, 15) is 4.79 Å². The number of hydrogen-bond donors (Lipinski definition) is 2. The summed E-state index contributed by atoms with van der Waals surface area (Å²) in [5.41, 5.74) is 6.22. The number of anilines is 1. The molecule has 0 aliphatic rings. The maximum Gasteiger partial charge on any atom is 0.272 e. The molecule has 2 aromatic heterocycles. The van der Waals surface area contributed by atoms with E-state index < -0.39 is 0 Å². The average Bonchev–Trinajstić information content (AvgIpc) is 2.75. The Labute approximate surface area is 103 Å². The van der Waals surface area contributed by atoms with Crippen LogP contribution in [0.1, 0.15) is 22.2 Å². The summed E-state index contributed by atoms with van der Waals surface area (Å²) in [6.45, 7) is 2.12. The van der Waals surface area contributed by atoms with Crippen LogP contribution in [0.15, 0.2) is 22.9 Å². The molecule has 0 saturated heterocycles. The second kappa shape index (κ2) is 5.26. The molecule has 0 aromatic carbocycles. The minimum Gasteiger partial charge on any atom is -0.397 e. The number of amides is 1. The molecular weight excluding hydrogens is 234 g/mol. The van der Waals surface area contributed by atoms with Gasteiger partial charge in [0.25, 0.3) is 5.91 Å².